The van der Waals surface area contributed by atoms with E-state index in [4.69, 9.17) is 10.00 Å². The van der Waals surface area contributed by atoms with E-state index in [1.165, 1.54) is 12.1 Å². The van der Waals surface area contributed by atoms with Gasteiger partial charge in [0.05, 0.1) is 18.8 Å². The minimum Gasteiger partial charge on any atom is -0.374 e. The Kier molecular flexibility index (Phi) is 6.29. The molecule has 116 valence electrons. The Balaban J connectivity index is 1.73. The summed E-state index contributed by atoms with van der Waals surface area (Å²) in [6.45, 7) is 0.313. The third-order valence-corrected chi connectivity index (χ3v) is 3.85. The largest absolute Gasteiger partial charge is 0.374 e. The number of allylic oxidation sites excluding steroid dienone is 4. The third kappa shape index (κ3) is 5.09. The number of hydrogen-bond acceptors (Lipinski definition) is 2. The second-order valence-electron chi connectivity index (χ2n) is 5.47. The Bertz CT molecular complexity index is 581. The number of nitriles is 1. The van der Waals surface area contributed by atoms with Crippen LogP contribution in [0, 0.1) is 28.9 Å². The van der Waals surface area contributed by atoms with Crippen molar-refractivity contribution in [2.24, 2.45) is 5.92 Å². The zero-order valence-corrected chi connectivity index (χ0v) is 12.3. The van der Waals surface area contributed by atoms with E-state index in [0.29, 0.717) is 18.1 Å². The van der Waals surface area contributed by atoms with Gasteiger partial charge in [-0.25, -0.2) is 8.78 Å². The second kappa shape index (κ2) is 8.45. The summed E-state index contributed by atoms with van der Waals surface area (Å²) < 4.78 is 31.7. The van der Waals surface area contributed by atoms with Gasteiger partial charge in [-0.2, -0.15) is 5.26 Å². The van der Waals surface area contributed by atoms with E-state index in [0.717, 1.165) is 31.7 Å². The van der Waals surface area contributed by atoms with Crippen LogP contribution in [0.15, 0.2) is 42.5 Å². The molecule has 1 aromatic rings. The molecule has 1 saturated carbocycles. The summed E-state index contributed by atoms with van der Waals surface area (Å²) in [5.74, 6) is -1.15. The van der Waals surface area contributed by atoms with Gasteiger partial charge in [0.1, 0.15) is 0 Å². The summed E-state index contributed by atoms with van der Waals surface area (Å²) in [6.07, 6.45) is 11.4. The van der Waals surface area contributed by atoms with Gasteiger partial charge in [0.15, 0.2) is 11.6 Å². The number of rotatable bonds is 5. The van der Waals surface area contributed by atoms with E-state index in [9.17, 15) is 8.78 Å². The number of nitrogens with zero attached hydrogens (tertiary/aromatic N) is 1. The molecule has 2 rings (SSSR count). The van der Waals surface area contributed by atoms with Crippen molar-refractivity contribution in [1.29, 1.82) is 5.26 Å². The molecule has 1 fully saturated rings. The molecule has 0 unspecified atom stereocenters. The molecule has 22 heavy (non-hydrogen) atoms. The molecule has 4 heteroatoms. The average Bonchev–Trinajstić information content (AvgIpc) is 2.54. The normalized spacial score (nSPS) is 22.2. The lowest BCUT2D eigenvalue weighted by Crippen LogP contribution is -2.20. The van der Waals surface area contributed by atoms with Crippen LogP contribution in [0.25, 0.3) is 0 Å². The Labute approximate surface area is 129 Å². The van der Waals surface area contributed by atoms with Crippen LogP contribution in [0.3, 0.4) is 0 Å². The lowest BCUT2D eigenvalue weighted by molar-refractivity contribution is 0.0109. The maximum atomic E-state index is 13.1. The number of hydrogen-bond donors (Lipinski definition) is 0. The highest BCUT2D eigenvalue weighted by atomic mass is 19.2. The van der Waals surface area contributed by atoms with Crippen molar-refractivity contribution in [3.63, 3.8) is 0 Å². The van der Waals surface area contributed by atoms with Crippen LogP contribution in [0.4, 0.5) is 8.78 Å². The lowest BCUT2D eigenvalue weighted by atomic mass is 9.87. The van der Waals surface area contributed by atoms with E-state index in [1.807, 2.05) is 12.1 Å². The molecular weight excluding hydrogens is 284 g/mol. The highest BCUT2D eigenvalue weighted by molar-refractivity contribution is 5.17. The van der Waals surface area contributed by atoms with Crippen molar-refractivity contribution in [3.8, 4) is 6.07 Å². The Morgan fingerprint density at radius 2 is 1.91 bits per heavy atom. The Hall–Kier alpha value is -1.99. The van der Waals surface area contributed by atoms with E-state index in [-0.39, 0.29) is 6.10 Å². The van der Waals surface area contributed by atoms with Crippen LogP contribution in [0.1, 0.15) is 31.2 Å². The smallest absolute Gasteiger partial charge is 0.159 e. The molecule has 1 aliphatic rings. The molecule has 0 saturated heterocycles. The molecule has 0 N–H and O–H groups in total. The summed E-state index contributed by atoms with van der Waals surface area (Å²) in [6, 6.07) is 5.82. The first-order chi connectivity index (χ1) is 10.7. The summed E-state index contributed by atoms with van der Waals surface area (Å²) >= 11 is 0. The van der Waals surface area contributed by atoms with Crippen molar-refractivity contribution in [2.45, 2.75) is 38.4 Å². The van der Waals surface area contributed by atoms with Gasteiger partial charge in [-0.3, -0.25) is 0 Å². The third-order valence-electron chi connectivity index (χ3n) is 3.85. The summed E-state index contributed by atoms with van der Waals surface area (Å²) in [5, 5.41) is 8.39. The van der Waals surface area contributed by atoms with Crippen molar-refractivity contribution >= 4 is 0 Å². The molecular formula is C18H19F2NO. The van der Waals surface area contributed by atoms with Crippen LogP contribution in [-0.4, -0.2) is 6.10 Å². The Morgan fingerprint density at radius 1 is 1.14 bits per heavy atom. The van der Waals surface area contributed by atoms with E-state index in [2.05, 4.69) is 6.08 Å². The first-order valence-electron chi connectivity index (χ1n) is 7.47. The minimum atomic E-state index is -0.833. The molecule has 0 heterocycles. The van der Waals surface area contributed by atoms with Crippen LogP contribution >= 0.6 is 0 Å². The summed E-state index contributed by atoms with van der Waals surface area (Å²) in [4.78, 5) is 0. The van der Waals surface area contributed by atoms with Gasteiger partial charge < -0.3 is 4.74 Å². The fraction of sp³-hybridized carbons (Fsp3) is 0.389. The molecule has 0 bridgehead atoms. The van der Waals surface area contributed by atoms with Gasteiger partial charge in [0.25, 0.3) is 0 Å². The van der Waals surface area contributed by atoms with Crippen LogP contribution in [-0.2, 0) is 11.3 Å². The van der Waals surface area contributed by atoms with Gasteiger partial charge in [0.2, 0.25) is 0 Å². The summed E-state index contributed by atoms with van der Waals surface area (Å²) in [5.41, 5.74) is 0.655. The zero-order chi connectivity index (χ0) is 15.8. The maximum Gasteiger partial charge on any atom is 0.159 e. The van der Waals surface area contributed by atoms with Gasteiger partial charge in [-0.15, -0.1) is 0 Å². The molecule has 1 aromatic carbocycles. The first kappa shape index (κ1) is 16.4. The van der Waals surface area contributed by atoms with Gasteiger partial charge in [-0.1, -0.05) is 24.3 Å². The monoisotopic (exact) mass is 303 g/mol. The van der Waals surface area contributed by atoms with Gasteiger partial charge in [-0.05, 0) is 49.3 Å². The lowest BCUT2D eigenvalue weighted by Gasteiger charge is -2.26. The molecule has 0 aliphatic heterocycles. The predicted molar refractivity (Wildman–Crippen MR) is 80.8 cm³/mol. The van der Waals surface area contributed by atoms with E-state index >= 15 is 0 Å². The fourth-order valence-corrected chi connectivity index (χ4v) is 2.61. The number of benzene rings is 1. The van der Waals surface area contributed by atoms with Gasteiger partial charge in [0, 0.05) is 6.08 Å². The zero-order valence-electron chi connectivity index (χ0n) is 12.3. The van der Waals surface area contributed by atoms with E-state index < -0.39 is 11.6 Å². The fourth-order valence-electron chi connectivity index (χ4n) is 2.61. The second-order valence-corrected chi connectivity index (χ2v) is 5.47. The predicted octanol–water partition coefficient (Wildman–Crippen LogP) is 4.68. The average molecular weight is 303 g/mol. The Morgan fingerprint density at radius 3 is 2.59 bits per heavy atom. The van der Waals surface area contributed by atoms with Crippen molar-refractivity contribution in [3.05, 3.63) is 59.7 Å². The highest BCUT2D eigenvalue weighted by Gasteiger charge is 2.19. The summed E-state index contributed by atoms with van der Waals surface area (Å²) in [7, 11) is 0. The van der Waals surface area contributed by atoms with Crippen LogP contribution in [0.2, 0.25) is 0 Å². The molecule has 1 aliphatic carbocycles. The first-order valence-corrected chi connectivity index (χ1v) is 7.47. The molecule has 0 radical (unpaired) electrons. The molecule has 2 nitrogen and oxygen atoms in total. The maximum absolute atomic E-state index is 13.1. The molecule has 0 amide bonds. The topological polar surface area (TPSA) is 33.0 Å². The highest BCUT2D eigenvalue weighted by Crippen LogP contribution is 2.27. The molecule has 0 atom stereocenters. The quantitative estimate of drug-likeness (QED) is 0.584. The minimum absolute atomic E-state index is 0.174. The van der Waals surface area contributed by atoms with Crippen LogP contribution < -0.4 is 0 Å². The van der Waals surface area contributed by atoms with Crippen LogP contribution in [0.5, 0.6) is 0 Å². The SMILES string of the molecule is N#CC=CC=C[C@H]1CC[C@H](OCc2ccc(F)c(F)c2)CC1. The number of ether oxygens (including phenoxy) is 1. The molecule has 0 aromatic heterocycles. The van der Waals surface area contributed by atoms with Crippen molar-refractivity contribution in [1.82, 2.24) is 0 Å². The van der Waals surface area contributed by atoms with Gasteiger partial charge >= 0.3 is 0 Å². The number of halogens is 2. The molecule has 0 spiro atoms. The van der Waals surface area contributed by atoms with E-state index in [1.54, 1.807) is 12.1 Å². The van der Waals surface area contributed by atoms with Crippen molar-refractivity contribution in [2.75, 3.05) is 0 Å². The standard InChI is InChI=1S/C18H19F2NO/c19-17-10-7-15(12-18(17)20)13-22-16-8-5-14(6-9-16)4-2-1-3-11-21/h1-4,7,10,12,14,16H,5-6,8-9,13H2/t14-,16-. The van der Waals surface area contributed by atoms with Crippen molar-refractivity contribution < 1.29 is 13.5 Å².